The molecule has 0 saturated heterocycles. The van der Waals surface area contributed by atoms with E-state index >= 15 is 0 Å². The van der Waals surface area contributed by atoms with Gasteiger partial charge >= 0.3 is 0 Å². The van der Waals surface area contributed by atoms with Crippen LogP contribution in [0.5, 0.6) is 5.75 Å². The molecule has 2 rings (SSSR count). The van der Waals surface area contributed by atoms with Crippen LogP contribution in [0.1, 0.15) is 0 Å². The summed E-state index contributed by atoms with van der Waals surface area (Å²) < 4.78 is 5.33. The number of amides is 1. The van der Waals surface area contributed by atoms with E-state index in [0.29, 0.717) is 16.5 Å². The summed E-state index contributed by atoms with van der Waals surface area (Å²) in [5.74, 6) is 0.140. The van der Waals surface area contributed by atoms with E-state index in [-0.39, 0.29) is 12.5 Å². The lowest BCUT2D eigenvalue weighted by Gasteiger charge is -2.09. The zero-order valence-electron chi connectivity index (χ0n) is 10.1. The number of hydrogen-bond donors (Lipinski definition) is 2. The van der Waals surface area contributed by atoms with Gasteiger partial charge in [-0.15, -0.1) is 0 Å². The molecule has 0 unspecified atom stereocenters. The number of anilines is 2. The summed E-state index contributed by atoms with van der Waals surface area (Å²) >= 11 is 5.83. The number of para-hydroxylation sites is 1. The van der Waals surface area contributed by atoms with Crippen LogP contribution >= 0.6 is 11.6 Å². The summed E-state index contributed by atoms with van der Waals surface area (Å²) in [5.41, 5.74) is 6.87. The van der Waals surface area contributed by atoms with Gasteiger partial charge in [0.1, 0.15) is 5.75 Å². The van der Waals surface area contributed by atoms with Crippen LogP contribution in [-0.4, -0.2) is 12.5 Å². The van der Waals surface area contributed by atoms with Gasteiger partial charge in [0, 0.05) is 16.8 Å². The summed E-state index contributed by atoms with van der Waals surface area (Å²) in [4.78, 5) is 11.7. The Morgan fingerprint density at radius 2 is 1.95 bits per heavy atom. The van der Waals surface area contributed by atoms with Gasteiger partial charge in [0.15, 0.2) is 6.61 Å². The van der Waals surface area contributed by atoms with Crippen molar-refractivity contribution in [3.8, 4) is 5.75 Å². The first kappa shape index (κ1) is 13.2. The lowest BCUT2D eigenvalue weighted by atomic mass is 10.3. The minimum atomic E-state index is -0.259. The highest BCUT2D eigenvalue weighted by Crippen LogP contribution is 2.25. The molecule has 4 nitrogen and oxygen atoms in total. The van der Waals surface area contributed by atoms with Gasteiger partial charge in [-0.05, 0) is 24.3 Å². The van der Waals surface area contributed by atoms with Crippen LogP contribution < -0.4 is 15.8 Å². The van der Waals surface area contributed by atoms with Crippen molar-refractivity contribution in [1.29, 1.82) is 0 Å². The van der Waals surface area contributed by atoms with Crippen LogP contribution in [-0.2, 0) is 4.79 Å². The van der Waals surface area contributed by atoms with Crippen LogP contribution in [0.25, 0.3) is 0 Å². The van der Waals surface area contributed by atoms with Gasteiger partial charge in [-0.25, -0.2) is 0 Å². The summed E-state index contributed by atoms with van der Waals surface area (Å²) in [6, 6.07) is 14.0. The van der Waals surface area contributed by atoms with Gasteiger partial charge in [-0.2, -0.15) is 0 Å². The third kappa shape index (κ3) is 3.89. The van der Waals surface area contributed by atoms with Crippen molar-refractivity contribution in [1.82, 2.24) is 0 Å². The molecule has 1 amide bonds. The Balaban J connectivity index is 1.92. The fraction of sp³-hybridized carbons (Fsp3) is 0.0714. The van der Waals surface area contributed by atoms with Crippen LogP contribution in [0.15, 0.2) is 48.5 Å². The fourth-order valence-corrected chi connectivity index (χ4v) is 1.66. The number of halogens is 1. The van der Waals surface area contributed by atoms with E-state index in [9.17, 15) is 4.79 Å². The van der Waals surface area contributed by atoms with Crippen molar-refractivity contribution in [2.24, 2.45) is 0 Å². The van der Waals surface area contributed by atoms with Crippen LogP contribution in [0, 0.1) is 0 Å². The number of benzene rings is 2. The number of rotatable bonds is 4. The average Bonchev–Trinajstić information content (AvgIpc) is 2.41. The first-order valence-electron chi connectivity index (χ1n) is 5.68. The SMILES string of the molecule is Nc1ccc(Cl)cc1OCC(=O)Nc1ccccc1. The average molecular weight is 277 g/mol. The van der Waals surface area contributed by atoms with Gasteiger partial charge in [0.05, 0.1) is 5.69 Å². The zero-order chi connectivity index (χ0) is 13.7. The minimum Gasteiger partial charge on any atom is -0.482 e. The predicted molar refractivity (Wildman–Crippen MR) is 76.4 cm³/mol. The molecule has 0 saturated carbocycles. The van der Waals surface area contributed by atoms with Gasteiger partial charge in [-0.1, -0.05) is 29.8 Å². The third-order valence-corrected chi connectivity index (χ3v) is 2.63. The molecule has 98 valence electrons. The summed E-state index contributed by atoms with van der Waals surface area (Å²) in [7, 11) is 0. The highest BCUT2D eigenvalue weighted by Gasteiger charge is 2.06. The van der Waals surface area contributed by atoms with E-state index in [1.807, 2.05) is 18.2 Å². The first-order valence-corrected chi connectivity index (χ1v) is 6.05. The molecule has 5 heteroatoms. The molecule has 0 aliphatic carbocycles. The Bertz CT molecular complexity index is 573. The van der Waals surface area contributed by atoms with Crippen molar-refractivity contribution < 1.29 is 9.53 Å². The van der Waals surface area contributed by atoms with Crippen molar-refractivity contribution in [3.05, 3.63) is 53.6 Å². The molecule has 19 heavy (non-hydrogen) atoms. The number of nitrogens with one attached hydrogen (secondary N) is 1. The Morgan fingerprint density at radius 3 is 2.68 bits per heavy atom. The lowest BCUT2D eigenvalue weighted by Crippen LogP contribution is -2.20. The van der Waals surface area contributed by atoms with Crippen molar-refractivity contribution in [2.75, 3.05) is 17.7 Å². The van der Waals surface area contributed by atoms with Crippen molar-refractivity contribution in [2.45, 2.75) is 0 Å². The van der Waals surface area contributed by atoms with E-state index in [4.69, 9.17) is 22.1 Å². The molecule has 0 aliphatic heterocycles. The van der Waals surface area contributed by atoms with Gasteiger partial charge in [0.25, 0.3) is 5.91 Å². The summed E-state index contributed by atoms with van der Waals surface area (Å²) in [6.45, 7) is -0.126. The van der Waals surface area contributed by atoms with Crippen LogP contribution in [0.3, 0.4) is 0 Å². The molecule has 0 atom stereocenters. The number of carbonyl (C=O) groups is 1. The predicted octanol–water partition coefficient (Wildman–Crippen LogP) is 2.94. The molecule has 0 heterocycles. The topological polar surface area (TPSA) is 64.3 Å². The third-order valence-electron chi connectivity index (χ3n) is 2.39. The molecule has 0 spiro atoms. The normalized spacial score (nSPS) is 9.95. The maximum Gasteiger partial charge on any atom is 0.262 e. The standard InChI is InChI=1S/C14H13ClN2O2/c15-10-6-7-12(16)13(8-10)19-9-14(18)17-11-4-2-1-3-5-11/h1-8H,9,16H2,(H,17,18). The summed E-state index contributed by atoms with van der Waals surface area (Å²) in [6.07, 6.45) is 0. The molecule has 2 aromatic carbocycles. The number of nitrogen functional groups attached to an aromatic ring is 1. The lowest BCUT2D eigenvalue weighted by molar-refractivity contribution is -0.118. The quantitative estimate of drug-likeness (QED) is 0.844. The largest absolute Gasteiger partial charge is 0.482 e. The molecule has 0 aliphatic rings. The molecule has 2 aromatic rings. The Morgan fingerprint density at radius 1 is 1.21 bits per heavy atom. The summed E-state index contributed by atoms with van der Waals surface area (Å²) in [5, 5.41) is 3.22. The van der Waals surface area contributed by atoms with Gasteiger partial charge in [-0.3, -0.25) is 4.79 Å². The second-order valence-electron chi connectivity index (χ2n) is 3.89. The van der Waals surface area contributed by atoms with E-state index in [0.717, 1.165) is 5.69 Å². The molecule has 3 N–H and O–H groups in total. The molecule has 0 aromatic heterocycles. The number of hydrogen-bond acceptors (Lipinski definition) is 3. The maximum absolute atomic E-state index is 11.7. The van der Waals surface area contributed by atoms with Crippen molar-refractivity contribution in [3.63, 3.8) is 0 Å². The van der Waals surface area contributed by atoms with E-state index < -0.39 is 0 Å². The zero-order valence-corrected chi connectivity index (χ0v) is 10.9. The Kier molecular flexibility index (Phi) is 4.26. The molecular weight excluding hydrogens is 264 g/mol. The molecule has 0 radical (unpaired) electrons. The number of carbonyl (C=O) groups excluding carboxylic acids is 1. The molecule has 0 fully saturated rings. The second kappa shape index (κ2) is 6.11. The Hall–Kier alpha value is -2.20. The monoisotopic (exact) mass is 276 g/mol. The fourth-order valence-electron chi connectivity index (χ4n) is 1.50. The first-order chi connectivity index (χ1) is 9.15. The highest BCUT2D eigenvalue weighted by molar-refractivity contribution is 6.30. The molecular formula is C14H13ClN2O2. The minimum absolute atomic E-state index is 0.126. The number of nitrogens with two attached hydrogens (primary N) is 1. The van der Waals surface area contributed by atoms with E-state index in [1.54, 1.807) is 30.3 Å². The smallest absolute Gasteiger partial charge is 0.262 e. The maximum atomic E-state index is 11.7. The van der Waals surface area contributed by atoms with E-state index in [1.165, 1.54) is 0 Å². The van der Waals surface area contributed by atoms with Crippen LogP contribution in [0.2, 0.25) is 5.02 Å². The van der Waals surface area contributed by atoms with Crippen molar-refractivity contribution >= 4 is 28.9 Å². The number of ether oxygens (including phenoxy) is 1. The second-order valence-corrected chi connectivity index (χ2v) is 4.32. The van der Waals surface area contributed by atoms with Gasteiger partial charge < -0.3 is 15.8 Å². The highest BCUT2D eigenvalue weighted by atomic mass is 35.5. The van der Waals surface area contributed by atoms with Gasteiger partial charge in [0.2, 0.25) is 0 Å². The van der Waals surface area contributed by atoms with E-state index in [2.05, 4.69) is 5.32 Å². The Labute approximate surface area is 116 Å². The molecule has 0 bridgehead atoms. The van der Waals surface area contributed by atoms with Crippen LogP contribution in [0.4, 0.5) is 11.4 Å².